The van der Waals surface area contributed by atoms with Gasteiger partial charge < -0.3 is 19.7 Å². The summed E-state index contributed by atoms with van der Waals surface area (Å²) in [6.45, 7) is 2.09. The van der Waals surface area contributed by atoms with E-state index in [2.05, 4.69) is 37.4 Å². The Balaban J connectivity index is 1.32. The van der Waals surface area contributed by atoms with Crippen LogP contribution < -0.4 is 14.8 Å². The van der Waals surface area contributed by atoms with Gasteiger partial charge in [-0.05, 0) is 63.5 Å². The summed E-state index contributed by atoms with van der Waals surface area (Å²) in [5, 5.41) is 10.0. The second kappa shape index (κ2) is 10.4. The highest BCUT2D eigenvalue weighted by molar-refractivity contribution is 6.03. The van der Waals surface area contributed by atoms with Crippen molar-refractivity contribution in [3.63, 3.8) is 0 Å². The molecule has 33 heavy (non-hydrogen) atoms. The molecule has 1 saturated heterocycles. The Hall–Kier alpha value is -3.46. The van der Waals surface area contributed by atoms with Crippen molar-refractivity contribution in [2.45, 2.75) is 31.6 Å². The molecule has 1 amide bonds. The monoisotopic (exact) mass is 450 g/mol. The highest BCUT2D eigenvalue weighted by Crippen LogP contribution is 2.25. The van der Waals surface area contributed by atoms with Crippen LogP contribution >= 0.6 is 0 Å². The molecule has 0 bridgehead atoms. The van der Waals surface area contributed by atoms with Crippen molar-refractivity contribution in [2.75, 3.05) is 39.7 Å². The van der Waals surface area contributed by atoms with Gasteiger partial charge in [0.15, 0.2) is 0 Å². The van der Waals surface area contributed by atoms with Crippen molar-refractivity contribution in [1.29, 1.82) is 0 Å². The van der Waals surface area contributed by atoms with Gasteiger partial charge in [0.2, 0.25) is 0 Å². The molecule has 0 radical (unpaired) electrons. The fraction of sp³-hybridized carbons (Fsp3) is 0.417. The topological polar surface area (TPSA) is 105 Å². The summed E-state index contributed by atoms with van der Waals surface area (Å²) in [5.74, 6) is 2.96. The minimum absolute atomic E-state index is 0.266. The van der Waals surface area contributed by atoms with E-state index in [1.54, 1.807) is 26.6 Å². The predicted molar refractivity (Wildman–Crippen MR) is 125 cm³/mol. The number of methoxy groups -OCH3 is 2. The van der Waals surface area contributed by atoms with Gasteiger partial charge in [-0.3, -0.25) is 9.89 Å². The third-order valence-corrected chi connectivity index (χ3v) is 5.98. The number of nitrogens with zero attached hydrogens (tertiary/aromatic N) is 4. The molecule has 174 valence electrons. The summed E-state index contributed by atoms with van der Waals surface area (Å²) >= 11 is 0. The first-order valence-electron chi connectivity index (χ1n) is 11.1. The SMILES string of the molecule is COc1cc(CCc2cc(NC(=O)c3cnc(C4CCN(C)CC4)nc3)[nH]n2)cc(OC)c1. The van der Waals surface area contributed by atoms with Gasteiger partial charge in [0, 0.05) is 30.4 Å². The van der Waals surface area contributed by atoms with Crippen LogP contribution in [0.2, 0.25) is 0 Å². The number of piperidine rings is 1. The molecule has 1 aliphatic heterocycles. The van der Waals surface area contributed by atoms with Crippen LogP contribution in [-0.2, 0) is 12.8 Å². The molecule has 1 fully saturated rings. The first-order valence-corrected chi connectivity index (χ1v) is 11.1. The minimum Gasteiger partial charge on any atom is -0.497 e. The number of aryl methyl sites for hydroxylation is 2. The summed E-state index contributed by atoms with van der Waals surface area (Å²) in [5.41, 5.74) is 2.36. The summed E-state index contributed by atoms with van der Waals surface area (Å²) in [6, 6.07) is 7.64. The number of ether oxygens (including phenoxy) is 2. The van der Waals surface area contributed by atoms with E-state index >= 15 is 0 Å². The summed E-state index contributed by atoms with van der Waals surface area (Å²) in [4.78, 5) is 23.8. The lowest BCUT2D eigenvalue weighted by Crippen LogP contribution is -2.30. The number of anilines is 1. The number of nitrogens with one attached hydrogen (secondary N) is 2. The number of amides is 1. The first kappa shape index (κ1) is 22.7. The van der Waals surface area contributed by atoms with Crippen molar-refractivity contribution in [3.8, 4) is 11.5 Å². The number of carbonyl (C=O) groups is 1. The molecule has 2 N–H and O–H groups in total. The number of rotatable bonds is 8. The van der Waals surface area contributed by atoms with Crippen LogP contribution in [0.25, 0.3) is 0 Å². The Kier molecular flexibility index (Phi) is 7.19. The number of hydrogen-bond acceptors (Lipinski definition) is 7. The van der Waals surface area contributed by atoms with Gasteiger partial charge in [-0.15, -0.1) is 0 Å². The van der Waals surface area contributed by atoms with Crippen LogP contribution in [0.4, 0.5) is 5.82 Å². The normalized spacial score (nSPS) is 14.8. The second-order valence-electron chi connectivity index (χ2n) is 8.36. The number of likely N-dealkylation sites (tertiary alicyclic amines) is 1. The van der Waals surface area contributed by atoms with Crippen molar-refractivity contribution in [1.82, 2.24) is 25.1 Å². The maximum Gasteiger partial charge on any atom is 0.259 e. The number of aromatic nitrogens is 4. The Morgan fingerprint density at radius 3 is 2.36 bits per heavy atom. The zero-order valence-electron chi connectivity index (χ0n) is 19.3. The molecule has 0 unspecified atom stereocenters. The van der Waals surface area contributed by atoms with Crippen molar-refractivity contribution < 1.29 is 14.3 Å². The fourth-order valence-corrected chi connectivity index (χ4v) is 3.97. The summed E-state index contributed by atoms with van der Waals surface area (Å²) in [7, 11) is 5.39. The lowest BCUT2D eigenvalue weighted by Gasteiger charge is -2.27. The van der Waals surface area contributed by atoms with E-state index in [1.807, 2.05) is 24.3 Å². The molecule has 0 saturated carbocycles. The van der Waals surface area contributed by atoms with E-state index in [0.29, 0.717) is 23.7 Å². The van der Waals surface area contributed by atoms with Gasteiger partial charge in [0.25, 0.3) is 5.91 Å². The van der Waals surface area contributed by atoms with E-state index in [4.69, 9.17) is 9.47 Å². The van der Waals surface area contributed by atoms with Crippen molar-refractivity contribution in [3.05, 3.63) is 59.3 Å². The Morgan fingerprint density at radius 2 is 1.73 bits per heavy atom. The first-order chi connectivity index (χ1) is 16.0. The minimum atomic E-state index is -0.266. The fourth-order valence-electron chi connectivity index (χ4n) is 3.97. The van der Waals surface area contributed by atoms with Crippen LogP contribution in [0, 0.1) is 0 Å². The van der Waals surface area contributed by atoms with E-state index in [9.17, 15) is 4.79 Å². The average molecular weight is 451 g/mol. The predicted octanol–water partition coefficient (Wildman–Crippen LogP) is 3.06. The molecule has 1 aliphatic rings. The van der Waals surface area contributed by atoms with E-state index in [-0.39, 0.29) is 5.91 Å². The third kappa shape index (κ3) is 5.87. The standard InChI is InChI=1S/C24H30N6O3/c1-30-8-6-17(7-9-30)23-25-14-18(15-26-23)24(31)27-22-12-19(28-29-22)5-4-16-10-20(32-2)13-21(11-16)33-3/h10-15,17H,4-9H2,1-3H3,(H2,27,28,29,31). The molecule has 3 heterocycles. The molecule has 9 heteroatoms. The molecular weight excluding hydrogens is 420 g/mol. The number of benzene rings is 1. The van der Waals surface area contributed by atoms with Crippen LogP contribution in [0.15, 0.2) is 36.7 Å². The highest BCUT2D eigenvalue weighted by Gasteiger charge is 2.21. The van der Waals surface area contributed by atoms with Crippen LogP contribution in [-0.4, -0.2) is 65.3 Å². The van der Waals surface area contributed by atoms with Gasteiger partial charge in [0.1, 0.15) is 23.1 Å². The van der Waals surface area contributed by atoms with Gasteiger partial charge in [0.05, 0.1) is 25.5 Å². The molecule has 0 atom stereocenters. The third-order valence-electron chi connectivity index (χ3n) is 5.98. The summed E-state index contributed by atoms with van der Waals surface area (Å²) in [6.07, 6.45) is 6.75. The molecule has 0 spiro atoms. The van der Waals surface area contributed by atoms with Crippen LogP contribution in [0.5, 0.6) is 11.5 Å². The number of aromatic amines is 1. The smallest absolute Gasteiger partial charge is 0.259 e. The molecular formula is C24H30N6O3. The molecule has 9 nitrogen and oxygen atoms in total. The maximum atomic E-state index is 12.6. The van der Waals surface area contributed by atoms with Crippen molar-refractivity contribution >= 4 is 11.7 Å². The van der Waals surface area contributed by atoms with Gasteiger partial charge >= 0.3 is 0 Å². The van der Waals surface area contributed by atoms with E-state index in [1.165, 1.54) is 0 Å². The Labute approximate surface area is 193 Å². The largest absolute Gasteiger partial charge is 0.497 e. The Morgan fingerprint density at radius 1 is 1.06 bits per heavy atom. The zero-order valence-corrected chi connectivity index (χ0v) is 19.3. The van der Waals surface area contributed by atoms with Gasteiger partial charge in [-0.2, -0.15) is 5.10 Å². The molecule has 0 aliphatic carbocycles. The number of carbonyl (C=O) groups excluding carboxylic acids is 1. The van der Waals surface area contributed by atoms with Crippen LogP contribution in [0.1, 0.15) is 46.2 Å². The summed E-state index contributed by atoms with van der Waals surface area (Å²) < 4.78 is 10.6. The number of hydrogen-bond donors (Lipinski definition) is 2. The molecule has 4 rings (SSSR count). The van der Waals surface area contributed by atoms with Gasteiger partial charge in [-0.1, -0.05) is 0 Å². The molecule has 1 aromatic carbocycles. The molecule has 2 aromatic heterocycles. The van der Waals surface area contributed by atoms with Crippen molar-refractivity contribution in [2.24, 2.45) is 0 Å². The number of H-pyrrole nitrogens is 1. The van der Waals surface area contributed by atoms with E-state index < -0.39 is 0 Å². The van der Waals surface area contributed by atoms with Crippen LogP contribution in [0.3, 0.4) is 0 Å². The van der Waals surface area contributed by atoms with E-state index in [0.717, 1.165) is 60.9 Å². The quantitative estimate of drug-likeness (QED) is 0.543. The Bertz CT molecular complexity index is 1050. The lowest BCUT2D eigenvalue weighted by atomic mass is 9.96. The van der Waals surface area contributed by atoms with Gasteiger partial charge in [-0.25, -0.2) is 9.97 Å². The zero-order chi connectivity index (χ0) is 23.2. The average Bonchev–Trinajstić information content (AvgIpc) is 3.30. The lowest BCUT2D eigenvalue weighted by molar-refractivity contribution is 0.102. The maximum absolute atomic E-state index is 12.6. The second-order valence-corrected chi connectivity index (χ2v) is 8.36. The highest BCUT2D eigenvalue weighted by atomic mass is 16.5. The molecule has 3 aromatic rings.